The fourth-order valence-electron chi connectivity index (χ4n) is 2.85. The summed E-state index contributed by atoms with van der Waals surface area (Å²) >= 11 is 6.11. The van der Waals surface area contributed by atoms with E-state index in [1.54, 1.807) is 12.1 Å². The lowest BCUT2D eigenvalue weighted by Gasteiger charge is -2.09. The Morgan fingerprint density at radius 1 is 1.10 bits per heavy atom. The number of nitrogens with one attached hydrogen (secondary N) is 1. The highest BCUT2D eigenvalue weighted by molar-refractivity contribution is 6.32. The molecule has 1 heterocycles. The van der Waals surface area contributed by atoms with Crippen molar-refractivity contribution in [1.82, 2.24) is 0 Å². The molecule has 0 saturated heterocycles. The van der Waals surface area contributed by atoms with E-state index in [1.165, 1.54) is 19.1 Å². The molecule has 160 valence electrons. The van der Waals surface area contributed by atoms with Crippen molar-refractivity contribution in [3.63, 3.8) is 0 Å². The van der Waals surface area contributed by atoms with Crippen molar-refractivity contribution in [2.24, 2.45) is 0 Å². The van der Waals surface area contributed by atoms with Gasteiger partial charge in [0, 0.05) is 12.1 Å². The van der Waals surface area contributed by atoms with Crippen LogP contribution in [0.2, 0.25) is 5.02 Å². The lowest BCUT2D eigenvalue weighted by Crippen LogP contribution is -2.12. The van der Waals surface area contributed by atoms with Gasteiger partial charge in [0.1, 0.15) is 23.7 Å². The predicted molar refractivity (Wildman–Crippen MR) is 112 cm³/mol. The predicted octanol–water partition coefficient (Wildman–Crippen LogP) is 5.20. The van der Waals surface area contributed by atoms with Crippen LogP contribution in [-0.4, -0.2) is 15.8 Å². The van der Waals surface area contributed by atoms with E-state index in [0.717, 1.165) is 17.7 Å². The monoisotopic (exact) mass is 445 g/mol. The number of aryl methyl sites for hydroxylation is 1. The van der Waals surface area contributed by atoms with Crippen LogP contribution >= 0.6 is 11.6 Å². The Morgan fingerprint density at radius 3 is 2.32 bits per heavy atom. The summed E-state index contributed by atoms with van der Waals surface area (Å²) in [6.07, 6.45) is 0. The van der Waals surface area contributed by atoms with Gasteiger partial charge in [0.25, 0.3) is 17.3 Å². The number of hydrogen-bond acceptors (Lipinski definition) is 7. The number of nitrogens with zero attached hydrogens (tertiary/aromatic N) is 2. The van der Waals surface area contributed by atoms with Crippen LogP contribution < -0.4 is 10.1 Å². The van der Waals surface area contributed by atoms with Crippen molar-refractivity contribution >= 4 is 34.6 Å². The SMILES string of the molecule is Cc1cccc(Cl)c1OCc1ccc(C(=O)Nc2cc([N+](=O)[O-])c(C)c([N+](=O)[O-])c2)o1. The molecule has 10 nitrogen and oxygen atoms in total. The van der Waals surface area contributed by atoms with Crippen LogP contribution in [-0.2, 0) is 6.61 Å². The van der Waals surface area contributed by atoms with Gasteiger partial charge in [0.2, 0.25) is 0 Å². The van der Waals surface area contributed by atoms with Gasteiger partial charge in [-0.25, -0.2) is 0 Å². The average molecular weight is 446 g/mol. The smallest absolute Gasteiger partial charge is 0.291 e. The number of halogens is 1. The lowest BCUT2D eigenvalue weighted by molar-refractivity contribution is -0.395. The third kappa shape index (κ3) is 4.81. The maximum atomic E-state index is 12.5. The van der Waals surface area contributed by atoms with Gasteiger partial charge in [-0.3, -0.25) is 25.0 Å². The van der Waals surface area contributed by atoms with E-state index in [4.69, 9.17) is 20.8 Å². The largest absolute Gasteiger partial charge is 0.484 e. The first kappa shape index (κ1) is 21.8. The molecular weight excluding hydrogens is 430 g/mol. The fraction of sp³-hybridized carbons (Fsp3) is 0.150. The van der Waals surface area contributed by atoms with Crippen LogP contribution in [0, 0.1) is 34.1 Å². The molecule has 0 aliphatic heterocycles. The van der Waals surface area contributed by atoms with Gasteiger partial charge in [0.05, 0.1) is 20.6 Å². The highest BCUT2D eigenvalue weighted by Crippen LogP contribution is 2.32. The number of nitro groups is 2. The number of carbonyl (C=O) groups is 1. The first-order valence-corrected chi connectivity index (χ1v) is 9.26. The number of amides is 1. The molecule has 31 heavy (non-hydrogen) atoms. The van der Waals surface area contributed by atoms with E-state index in [9.17, 15) is 25.0 Å². The Hall–Kier alpha value is -3.92. The molecule has 0 radical (unpaired) electrons. The number of nitro benzene ring substituents is 2. The molecule has 0 aliphatic carbocycles. The Bertz CT molecular complexity index is 1130. The number of rotatable bonds is 7. The van der Waals surface area contributed by atoms with E-state index in [-0.39, 0.29) is 23.6 Å². The maximum absolute atomic E-state index is 12.5. The molecule has 0 fully saturated rings. The Kier molecular flexibility index (Phi) is 6.21. The molecule has 1 aromatic heterocycles. The molecule has 11 heteroatoms. The molecule has 0 unspecified atom stereocenters. The number of carbonyl (C=O) groups excluding carboxylic acids is 1. The second-order valence-electron chi connectivity index (χ2n) is 6.55. The lowest BCUT2D eigenvalue weighted by atomic mass is 10.1. The van der Waals surface area contributed by atoms with Crippen LogP contribution in [0.15, 0.2) is 46.9 Å². The molecule has 0 bridgehead atoms. The summed E-state index contributed by atoms with van der Waals surface area (Å²) in [5.74, 6) is 0.00386. The minimum absolute atomic E-state index is 0.0132. The molecule has 0 aliphatic rings. The minimum Gasteiger partial charge on any atom is -0.484 e. The summed E-state index contributed by atoms with van der Waals surface area (Å²) in [5, 5.41) is 25.2. The number of furan rings is 1. The summed E-state index contributed by atoms with van der Waals surface area (Å²) in [6.45, 7) is 3.11. The summed E-state index contributed by atoms with van der Waals surface area (Å²) in [4.78, 5) is 33.3. The van der Waals surface area contributed by atoms with E-state index in [1.807, 2.05) is 13.0 Å². The van der Waals surface area contributed by atoms with E-state index in [0.29, 0.717) is 16.5 Å². The normalized spacial score (nSPS) is 10.5. The maximum Gasteiger partial charge on any atom is 0.291 e. The first-order valence-electron chi connectivity index (χ1n) is 8.88. The van der Waals surface area contributed by atoms with Crippen molar-refractivity contribution in [1.29, 1.82) is 0 Å². The third-order valence-electron chi connectivity index (χ3n) is 4.41. The van der Waals surface area contributed by atoms with Gasteiger partial charge in [0.15, 0.2) is 5.76 Å². The van der Waals surface area contributed by atoms with Crippen molar-refractivity contribution < 1.29 is 23.8 Å². The first-order chi connectivity index (χ1) is 14.7. The van der Waals surface area contributed by atoms with E-state index < -0.39 is 27.1 Å². The Morgan fingerprint density at radius 2 is 1.74 bits per heavy atom. The quantitative estimate of drug-likeness (QED) is 0.389. The molecule has 3 rings (SSSR count). The molecule has 1 amide bonds. The van der Waals surface area contributed by atoms with Gasteiger partial charge in [-0.2, -0.15) is 0 Å². The van der Waals surface area contributed by atoms with Gasteiger partial charge in [-0.1, -0.05) is 23.7 Å². The molecule has 0 saturated carbocycles. The fourth-order valence-corrected chi connectivity index (χ4v) is 3.12. The van der Waals surface area contributed by atoms with Crippen molar-refractivity contribution in [3.05, 3.63) is 90.4 Å². The van der Waals surface area contributed by atoms with Crippen LogP contribution in [0.5, 0.6) is 5.75 Å². The number of ether oxygens (including phenoxy) is 1. The zero-order chi connectivity index (χ0) is 22.7. The van der Waals surface area contributed by atoms with E-state index in [2.05, 4.69) is 5.32 Å². The summed E-state index contributed by atoms with van der Waals surface area (Å²) in [7, 11) is 0. The number of hydrogen-bond donors (Lipinski definition) is 1. The second kappa shape index (κ2) is 8.84. The minimum atomic E-state index is -0.753. The Labute approximate surface area is 180 Å². The zero-order valence-corrected chi connectivity index (χ0v) is 17.1. The molecule has 0 spiro atoms. The van der Waals surface area contributed by atoms with Crippen LogP contribution in [0.4, 0.5) is 17.1 Å². The zero-order valence-electron chi connectivity index (χ0n) is 16.4. The molecule has 0 atom stereocenters. The van der Waals surface area contributed by atoms with Gasteiger partial charge in [-0.05, 0) is 37.6 Å². The molecular formula is C20H16ClN3O7. The Balaban J connectivity index is 1.76. The van der Waals surface area contributed by atoms with Crippen LogP contribution in [0.25, 0.3) is 0 Å². The standard InChI is InChI=1S/C20H16ClN3O7/c1-11-4-3-5-15(21)19(11)30-10-14-6-7-18(31-14)20(25)22-13-8-16(23(26)27)12(2)17(9-13)24(28)29/h3-9H,10H2,1-2H3,(H,22,25). The number of anilines is 1. The van der Waals surface area contributed by atoms with Gasteiger partial charge >= 0.3 is 0 Å². The summed E-state index contributed by atoms with van der Waals surface area (Å²) in [5.41, 5.74) is -0.337. The average Bonchev–Trinajstić information content (AvgIpc) is 3.17. The topological polar surface area (TPSA) is 138 Å². The number of para-hydroxylation sites is 1. The third-order valence-corrected chi connectivity index (χ3v) is 4.71. The van der Waals surface area contributed by atoms with Gasteiger partial charge < -0.3 is 14.5 Å². The summed E-state index contributed by atoms with van der Waals surface area (Å²) in [6, 6.07) is 10.3. The molecule has 3 aromatic rings. The molecule has 1 N–H and O–H groups in total. The highest BCUT2D eigenvalue weighted by Gasteiger charge is 2.24. The van der Waals surface area contributed by atoms with Crippen molar-refractivity contribution in [2.45, 2.75) is 20.5 Å². The van der Waals surface area contributed by atoms with Crippen molar-refractivity contribution in [2.75, 3.05) is 5.32 Å². The van der Waals surface area contributed by atoms with Crippen LogP contribution in [0.3, 0.4) is 0 Å². The highest BCUT2D eigenvalue weighted by atomic mass is 35.5. The van der Waals surface area contributed by atoms with Crippen molar-refractivity contribution in [3.8, 4) is 5.75 Å². The van der Waals surface area contributed by atoms with E-state index >= 15 is 0 Å². The van der Waals surface area contributed by atoms with Gasteiger partial charge in [-0.15, -0.1) is 0 Å². The summed E-state index contributed by atoms with van der Waals surface area (Å²) < 4.78 is 11.1. The second-order valence-corrected chi connectivity index (χ2v) is 6.96. The number of benzene rings is 2. The molecule has 2 aromatic carbocycles. The van der Waals surface area contributed by atoms with Crippen LogP contribution in [0.1, 0.15) is 27.4 Å².